The SMILES string of the molecule is CCCCCCc1cc2c(s1)-n1c(C)nnc1CN=C2c1ccc(C)cc1. The number of hydrogen-bond donors (Lipinski definition) is 0. The van der Waals surface area contributed by atoms with Crippen molar-refractivity contribution < 1.29 is 0 Å². The summed E-state index contributed by atoms with van der Waals surface area (Å²) in [5, 5.41) is 9.88. The van der Waals surface area contributed by atoms with Crippen molar-refractivity contribution in [2.75, 3.05) is 0 Å². The molecule has 0 unspecified atom stereocenters. The Kier molecular flexibility index (Phi) is 5.21. The van der Waals surface area contributed by atoms with Gasteiger partial charge in [0.15, 0.2) is 5.82 Å². The molecule has 27 heavy (non-hydrogen) atoms. The summed E-state index contributed by atoms with van der Waals surface area (Å²) in [7, 11) is 0. The van der Waals surface area contributed by atoms with E-state index in [1.54, 1.807) is 0 Å². The molecule has 0 saturated carbocycles. The van der Waals surface area contributed by atoms with Crippen LogP contribution >= 0.6 is 11.3 Å². The molecule has 1 aromatic carbocycles. The van der Waals surface area contributed by atoms with Crippen LogP contribution in [0.5, 0.6) is 0 Å². The highest BCUT2D eigenvalue weighted by atomic mass is 32.1. The summed E-state index contributed by atoms with van der Waals surface area (Å²) in [4.78, 5) is 6.37. The van der Waals surface area contributed by atoms with Crippen molar-refractivity contribution in [2.45, 2.75) is 59.4 Å². The highest BCUT2D eigenvalue weighted by Crippen LogP contribution is 2.33. The minimum absolute atomic E-state index is 0.567. The fraction of sp³-hybridized carbons (Fsp3) is 0.409. The molecular formula is C22H26N4S. The molecule has 140 valence electrons. The quantitative estimate of drug-likeness (QED) is 0.538. The molecule has 2 aromatic heterocycles. The Bertz CT molecular complexity index is 963. The lowest BCUT2D eigenvalue weighted by Crippen LogP contribution is -2.05. The van der Waals surface area contributed by atoms with Crippen molar-refractivity contribution in [2.24, 2.45) is 4.99 Å². The van der Waals surface area contributed by atoms with Gasteiger partial charge in [-0.1, -0.05) is 56.0 Å². The second kappa shape index (κ2) is 7.77. The van der Waals surface area contributed by atoms with E-state index in [1.807, 2.05) is 18.3 Å². The van der Waals surface area contributed by atoms with Gasteiger partial charge in [0.25, 0.3) is 0 Å². The molecule has 1 aliphatic rings. The summed E-state index contributed by atoms with van der Waals surface area (Å²) < 4.78 is 2.19. The molecule has 0 atom stereocenters. The van der Waals surface area contributed by atoms with Crippen molar-refractivity contribution in [3.63, 3.8) is 0 Å². The van der Waals surface area contributed by atoms with Crippen LogP contribution < -0.4 is 0 Å². The number of fused-ring (bicyclic) bond motifs is 3. The molecule has 3 heterocycles. The second-order valence-corrected chi connectivity index (χ2v) is 8.39. The molecule has 0 saturated heterocycles. The van der Waals surface area contributed by atoms with Crippen LogP contribution in [0.4, 0.5) is 0 Å². The monoisotopic (exact) mass is 378 g/mol. The standard InChI is InChI=1S/C22H26N4S/c1-4-5-6-7-8-18-13-19-21(17-11-9-15(2)10-12-17)23-14-20-25-24-16(3)26(20)22(19)27-18/h9-13H,4-8,14H2,1-3H3. The summed E-state index contributed by atoms with van der Waals surface area (Å²) in [6, 6.07) is 11.0. The van der Waals surface area contributed by atoms with Crippen LogP contribution in [-0.4, -0.2) is 20.5 Å². The zero-order valence-electron chi connectivity index (χ0n) is 16.3. The average Bonchev–Trinajstić information content (AvgIpc) is 3.20. The Labute approximate surface area is 165 Å². The molecule has 0 spiro atoms. The fourth-order valence-corrected chi connectivity index (χ4v) is 4.85. The predicted molar refractivity (Wildman–Crippen MR) is 112 cm³/mol. The summed E-state index contributed by atoms with van der Waals surface area (Å²) in [6.07, 6.45) is 6.27. The lowest BCUT2D eigenvalue weighted by atomic mass is 10.0. The zero-order valence-corrected chi connectivity index (χ0v) is 17.1. The van der Waals surface area contributed by atoms with Gasteiger partial charge in [-0.3, -0.25) is 9.56 Å². The van der Waals surface area contributed by atoms with E-state index in [4.69, 9.17) is 4.99 Å². The second-order valence-electron chi connectivity index (χ2n) is 7.27. The van der Waals surface area contributed by atoms with E-state index in [2.05, 4.69) is 58.9 Å². The summed E-state index contributed by atoms with van der Waals surface area (Å²) in [6.45, 7) is 6.97. The first-order valence-electron chi connectivity index (χ1n) is 9.83. The summed E-state index contributed by atoms with van der Waals surface area (Å²) in [5.41, 5.74) is 4.73. The van der Waals surface area contributed by atoms with Crippen molar-refractivity contribution in [1.29, 1.82) is 0 Å². The van der Waals surface area contributed by atoms with Crippen LogP contribution in [0.15, 0.2) is 35.3 Å². The van der Waals surface area contributed by atoms with Gasteiger partial charge in [0.05, 0.1) is 5.71 Å². The molecule has 4 nitrogen and oxygen atoms in total. The van der Waals surface area contributed by atoms with Gasteiger partial charge >= 0.3 is 0 Å². The molecule has 0 aliphatic carbocycles. The summed E-state index contributed by atoms with van der Waals surface area (Å²) >= 11 is 1.87. The fourth-order valence-electron chi connectivity index (χ4n) is 3.58. The molecule has 1 aliphatic heterocycles. The number of nitrogens with zero attached hydrogens (tertiary/aromatic N) is 4. The molecule has 0 bridgehead atoms. The topological polar surface area (TPSA) is 43.1 Å². The number of aryl methyl sites for hydroxylation is 3. The van der Waals surface area contributed by atoms with Crippen molar-refractivity contribution in [1.82, 2.24) is 14.8 Å². The molecule has 0 radical (unpaired) electrons. The predicted octanol–water partition coefficient (Wildman–Crippen LogP) is 5.42. The van der Waals surface area contributed by atoms with Crippen molar-refractivity contribution in [3.8, 4) is 5.00 Å². The number of rotatable bonds is 6. The Morgan fingerprint density at radius 2 is 1.85 bits per heavy atom. The third-order valence-electron chi connectivity index (χ3n) is 5.09. The first kappa shape index (κ1) is 18.1. The van der Waals surface area contributed by atoms with Crippen LogP contribution in [0.2, 0.25) is 0 Å². The highest BCUT2D eigenvalue weighted by Gasteiger charge is 2.24. The maximum atomic E-state index is 4.94. The number of thiophene rings is 1. The van der Waals surface area contributed by atoms with E-state index in [1.165, 1.54) is 52.3 Å². The molecule has 0 N–H and O–H groups in total. The third kappa shape index (κ3) is 3.61. The van der Waals surface area contributed by atoms with Crippen LogP contribution in [0.1, 0.15) is 65.8 Å². The molecule has 0 fully saturated rings. The number of hydrogen-bond acceptors (Lipinski definition) is 4. The molecule has 0 amide bonds. The van der Waals surface area contributed by atoms with Gasteiger partial charge in [0.2, 0.25) is 0 Å². The largest absolute Gasteiger partial charge is 0.276 e. The van der Waals surface area contributed by atoms with E-state index in [-0.39, 0.29) is 0 Å². The summed E-state index contributed by atoms with van der Waals surface area (Å²) in [5.74, 6) is 1.86. The Morgan fingerprint density at radius 3 is 2.63 bits per heavy atom. The van der Waals surface area contributed by atoms with Gasteiger partial charge in [0.1, 0.15) is 17.4 Å². The maximum Gasteiger partial charge on any atom is 0.160 e. The van der Waals surface area contributed by atoms with Crippen molar-refractivity contribution in [3.05, 3.63) is 63.5 Å². The maximum absolute atomic E-state index is 4.94. The van der Waals surface area contributed by atoms with E-state index >= 15 is 0 Å². The van der Waals surface area contributed by atoms with Gasteiger partial charge in [-0.25, -0.2) is 0 Å². The van der Waals surface area contributed by atoms with Crippen LogP contribution in [0, 0.1) is 13.8 Å². The third-order valence-corrected chi connectivity index (χ3v) is 6.27. The Morgan fingerprint density at radius 1 is 1.04 bits per heavy atom. The number of aromatic nitrogens is 3. The van der Waals surface area contributed by atoms with Gasteiger partial charge in [0, 0.05) is 16.0 Å². The van der Waals surface area contributed by atoms with E-state index < -0.39 is 0 Å². The molecule has 4 rings (SSSR count). The lowest BCUT2D eigenvalue weighted by molar-refractivity contribution is 0.670. The number of unbranched alkanes of at least 4 members (excludes halogenated alkanes) is 3. The van der Waals surface area contributed by atoms with Crippen LogP contribution in [0.25, 0.3) is 5.00 Å². The Balaban J connectivity index is 1.75. The van der Waals surface area contributed by atoms with Crippen molar-refractivity contribution >= 4 is 17.0 Å². The molecule has 3 aromatic rings. The van der Waals surface area contributed by atoms with E-state index in [0.29, 0.717) is 6.54 Å². The first-order chi connectivity index (χ1) is 13.2. The zero-order chi connectivity index (χ0) is 18.8. The number of aliphatic imine (C=N–C) groups is 1. The normalized spacial score (nSPS) is 13.1. The van der Waals surface area contributed by atoms with Gasteiger partial charge < -0.3 is 0 Å². The average molecular weight is 379 g/mol. The minimum Gasteiger partial charge on any atom is -0.276 e. The molecular weight excluding hydrogens is 352 g/mol. The number of benzene rings is 1. The smallest absolute Gasteiger partial charge is 0.160 e. The van der Waals surface area contributed by atoms with E-state index in [0.717, 1.165) is 23.8 Å². The molecule has 5 heteroatoms. The van der Waals surface area contributed by atoms with Crippen LogP contribution in [0.3, 0.4) is 0 Å². The lowest BCUT2D eigenvalue weighted by Gasteiger charge is -2.07. The Hall–Kier alpha value is -2.27. The highest BCUT2D eigenvalue weighted by molar-refractivity contribution is 7.15. The van der Waals surface area contributed by atoms with Gasteiger partial charge in [-0.05, 0) is 32.8 Å². The van der Waals surface area contributed by atoms with Gasteiger partial charge in [-0.2, -0.15) is 0 Å². The van der Waals surface area contributed by atoms with E-state index in [9.17, 15) is 0 Å². The van der Waals surface area contributed by atoms with Gasteiger partial charge in [-0.15, -0.1) is 21.5 Å². The first-order valence-corrected chi connectivity index (χ1v) is 10.6. The van der Waals surface area contributed by atoms with Crippen LogP contribution in [-0.2, 0) is 13.0 Å². The minimum atomic E-state index is 0.567.